The van der Waals surface area contributed by atoms with Crippen LogP contribution in [0.2, 0.25) is 0 Å². The van der Waals surface area contributed by atoms with Crippen molar-refractivity contribution in [1.29, 1.82) is 0 Å². The molecule has 1 fully saturated rings. The van der Waals surface area contributed by atoms with Crippen molar-refractivity contribution in [3.05, 3.63) is 84.2 Å². The number of nitrogens with zero attached hydrogens (tertiary/aromatic N) is 1. The Balaban J connectivity index is 1.71. The summed E-state index contributed by atoms with van der Waals surface area (Å²) >= 11 is 0. The summed E-state index contributed by atoms with van der Waals surface area (Å²) in [6.45, 7) is 1.08. The highest BCUT2D eigenvalue weighted by Crippen LogP contribution is 2.79. The number of pyridine rings is 1. The Kier molecular flexibility index (Phi) is 5.64. The lowest BCUT2D eigenvalue weighted by Gasteiger charge is -2.43. The molecule has 0 radical (unpaired) electrons. The third-order valence-corrected chi connectivity index (χ3v) is 10.6. The van der Waals surface area contributed by atoms with E-state index in [1.165, 1.54) is 24.5 Å². The second kappa shape index (κ2) is 7.99. The van der Waals surface area contributed by atoms with Gasteiger partial charge in [-0.15, -0.1) is 0 Å². The molecule has 0 saturated carbocycles. The van der Waals surface area contributed by atoms with Crippen molar-refractivity contribution in [2.45, 2.75) is 17.8 Å². The standard InChI is InChI=1S/C21H21NO7P2/c1-30(25)21(24,13-15-6-5-11-22-14-15)31(26,27)29-20(28-30)18-12-17(9-10-19(18)23)16-7-3-2-4-8-16/h2-12,14,20,23-24H,13H2,1H3,(H,26,27). The van der Waals surface area contributed by atoms with Crippen molar-refractivity contribution >= 4 is 15.0 Å². The fourth-order valence-electron chi connectivity index (χ4n) is 3.42. The Morgan fingerprint density at radius 2 is 1.77 bits per heavy atom. The predicted octanol–water partition coefficient (Wildman–Crippen LogP) is 4.48. The van der Waals surface area contributed by atoms with Crippen molar-refractivity contribution in [2.24, 2.45) is 0 Å². The summed E-state index contributed by atoms with van der Waals surface area (Å²) in [5.41, 5.74) is 1.94. The molecule has 3 aromatic rings. The van der Waals surface area contributed by atoms with Crippen molar-refractivity contribution in [3.8, 4) is 16.9 Å². The van der Waals surface area contributed by atoms with Gasteiger partial charge in [-0.05, 0) is 34.9 Å². The van der Waals surface area contributed by atoms with Gasteiger partial charge in [0.1, 0.15) is 5.75 Å². The first-order chi connectivity index (χ1) is 14.6. The monoisotopic (exact) mass is 461 g/mol. The maximum atomic E-state index is 13.4. The fraction of sp³-hybridized carbons (Fsp3) is 0.190. The first-order valence-electron chi connectivity index (χ1n) is 9.40. The van der Waals surface area contributed by atoms with Gasteiger partial charge in [0.25, 0.3) is 0 Å². The second-order valence-corrected chi connectivity index (χ2v) is 12.3. The summed E-state index contributed by atoms with van der Waals surface area (Å²) in [5.74, 6) is -0.262. The van der Waals surface area contributed by atoms with Gasteiger partial charge in [-0.25, -0.2) is 0 Å². The third kappa shape index (κ3) is 3.99. The molecule has 1 aliphatic heterocycles. The number of rotatable bonds is 4. The molecule has 4 atom stereocenters. The summed E-state index contributed by atoms with van der Waals surface area (Å²) in [4.78, 5) is 14.5. The van der Waals surface area contributed by atoms with Crippen molar-refractivity contribution < 1.29 is 33.3 Å². The van der Waals surface area contributed by atoms with Gasteiger partial charge in [0.2, 0.25) is 18.7 Å². The van der Waals surface area contributed by atoms with Gasteiger partial charge in [-0.1, -0.05) is 42.5 Å². The Morgan fingerprint density at radius 1 is 1.03 bits per heavy atom. The Hall–Kier alpha value is -2.31. The lowest BCUT2D eigenvalue weighted by Crippen LogP contribution is -2.37. The quantitative estimate of drug-likeness (QED) is 0.486. The molecule has 0 bridgehead atoms. The van der Waals surface area contributed by atoms with Crippen molar-refractivity contribution in [2.75, 3.05) is 6.66 Å². The number of benzene rings is 2. The lowest BCUT2D eigenvalue weighted by atomic mass is 10.0. The van der Waals surface area contributed by atoms with Crippen LogP contribution in [0.25, 0.3) is 11.1 Å². The highest BCUT2D eigenvalue weighted by molar-refractivity contribution is 7.75. The van der Waals surface area contributed by atoms with E-state index in [1.54, 1.807) is 18.2 Å². The zero-order chi connectivity index (χ0) is 22.3. The van der Waals surface area contributed by atoms with E-state index in [0.29, 0.717) is 11.1 Å². The maximum absolute atomic E-state index is 13.4. The molecule has 10 heteroatoms. The molecule has 0 spiro atoms. The normalized spacial score (nSPS) is 30.7. The third-order valence-electron chi connectivity index (χ3n) is 5.19. The zero-order valence-electron chi connectivity index (χ0n) is 16.5. The summed E-state index contributed by atoms with van der Waals surface area (Å²) in [7, 11) is -9.04. The summed E-state index contributed by atoms with van der Waals surface area (Å²) in [6, 6.07) is 17.0. The molecule has 0 aliphatic carbocycles. The van der Waals surface area contributed by atoms with Crippen LogP contribution < -0.4 is 0 Å². The van der Waals surface area contributed by atoms with Crippen molar-refractivity contribution in [1.82, 2.24) is 4.98 Å². The molecule has 162 valence electrons. The van der Waals surface area contributed by atoms with E-state index in [2.05, 4.69) is 4.98 Å². The highest BCUT2D eigenvalue weighted by Gasteiger charge is 2.64. The molecule has 0 amide bonds. The van der Waals surface area contributed by atoms with Gasteiger partial charge in [0.15, 0.2) is 0 Å². The van der Waals surface area contributed by atoms with Crippen LogP contribution in [-0.4, -0.2) is 31.8 Å². The minimum Gasteiger partial charge on any atom is -0.507 e. The van der Waals surface area contributed by atoms with E-state index in [4.69, 9.17) is 9.05 Å². The van der Waals surface area contributed by atoms with Crippen molar-refractivity contribution in [3.63, 3.8) is 0 Å². The molecular weight excluding hydrogens is 440 g/mol. The van der Waals surface area contributed by atoms with Crippen LogP contribution in [0.3, 0.4) is 0 Å². The molecule has 1 aliphatic rings. The first kappa shape index (κ1) is 21.9. The molecule has 1 aromatic heterocycles. The SMILES string of the molecule is CP1(=O)OC(c2cc(-c3ccccc3)ccc2O)OP(=O)(O)C1(O)Cc1cccnc1. The predicted molar refractivity (Wildman–Crippen MR) is 115 cm³/mol. The zero-order valence-corrected chi connectivity index (χ0v) is 18.3. The molecular formula is C21H21NO7P2. The number of aliphatic hydroxyl groups is 1. The summed E-state index contributed by atoms with van der Waals surface area (Å²) in [5, 5.41) is 18.7. The molecule has 4 unspecified atom stereocenters. The summed E-state index contributed by atoms with van der Waals surface area (Å²) < 4.78 is 37.2. The average molecular weight is 461 g/mol. The Bertz CT molecular complexity index is 1160. The van der Waals surface area contributed by atoms with Gasteiger partial charge in [-0.2, -0.15) is 0 Å². The largest absolute Gasteiger partial charge is 0.507 e. The van der Waals surface area contributed by atoms with E-state index in [1.807, 2.05) is 30.3 Å². The minimum absolute atomic E-state index is 0.0288. The maximum Gasteiger partial charge on any atom is 0.372 e. The molecule has 2 aromatic carbocycles. The van der Waals surface area contributed by atoms with Crippen LogP contribution in [-0.2, 0) is 24.6 Å². The number of hydrogen-bond acceptors (Lipinski definition) is 7. The van der Waals surface area contributed by atoms with Crippen LogP contribution in [0.5, 0.6) is 5.75 Å². The lowest BCUT2D eigenvalue weighted by molar-refractivity contribution is -0.0449. The van der Waals surface area contributed by atoms with Crippen LogP contribution >= 0.6 is 15.0 Å². The smallest absolute Gasteiger partial charge is 0.372 e. The molecule has 4 rings (SSSR count). The molecule has 2 heterocycles. The first-order valence-corrected chi connectivity index (χ1v) is 13.0. The van der Waals surface area contributed by atoms with E-state index in [-0.39, 0.29) is 11.3 Å². The molecule has 31 heavy (non-hydrogen) atoms. The van der Waals surface area contributed by atoms with Crippen LogP contribution in [0.4, 0.5) is 0 Å². The number of hydrogen-bond donors (Lipinski definition) is 3. The van der Waals surface area contributed by atoms with Gasteiger partial charge < -0.3 is 15.1 Å². The Morgan fingerprint density at radius 3 is 2.42 bits per heavy atom. The van der Waals surface area contributed by atoms with Gasteiger partial charge >= 0.3 is 7.60 Å². The van der Waals surface area contributed by atoms with E-state index in [0.717, 1.165) is 12.2 Å². The average Bonchev–Trinajstić information content (AvgIpc) is 2.73. The number of aromatic hydroxyl groups is 1. The van der Waals surface area contributed by atoms with Gasteiger partial charge in [0, 0.05) is 25.5 Å². The van der Waals surface area contributed by atoms with Crippen LogP contribution in [0, 0.1) is 0 Å². The minimum atomic E-state index is -4.90. The summed E-state index contributed by atoms with van der Waals surface area (Å²) in [6.07, 6.45) is 0.832. The number of phenolic OH excluding ortho intramolecular Hbond substituents is 1. The fourth-order valence-corrected chi connectivity index (χ4v) is 7.73. The van der Waals surface area contributed by atoms with Crippen LogP contribution in [0.1, 0.15) is 17.4 Å². The van der Waals surface area contributed by atoms with Gasteiger partial charge in [0.05, 0.1) is 5.56 Å². The number of aromatic nitrogens is 1. The Labute approximate surface area is 179 Å². The van der Waals surface area contributed by atoms with E-state index < -0.39 is 32.8 Å². The van der Waals surface area contributed by atoms with Crippen LogP contribution in [0.15, 0.2) is 73.1 Å². The van der Waals surface area contributed by atoms with E-state index in [9.17, 15) is 24.2 Å². The topological polar surface area (TPSA) is 126 Å². The molecule has 1 saturated heterocycles. The highest BCUT2D eigenvalue weighted by atomic mass is 31.2. The molecule has 3 N–H and O–H groups in total. The number of phenols is 1. The van der Waals surface area contributed by atoms with E-state index >= 15 is 0 Å². The molecule has 8 nitrogen and oxygen atoms in total. The second-order valence-electron chi connectivity index (χ2n) is 7.36. The van der Waals surface area contributed by atoms with Gasteiger partial charge in [-0.3, -0.25) is 23.2 Å².